The van der Waals surface area contributed by atoms with Crippen molar-refractivity contribution in [3.63, 3.8) is 0 Å². The summed E-state index contributed by atoms with van der Waals surface area (Å²) in [6, 6.07) is 13.1. The van der Waals surface area contributed by atoms with Crippen molar-refractivity contribution < 1.29 is 18.0 Å². The van der Waals surface area contributed by atoms with Crippen LogP contribution < -0.4 is 16.0 Å². The molecule has 2 aromatic heterocycles. The predicted molar refractivity (Wildman–Crippen MR) is 128 cm³/mol. The van der Waals surface area contributed by atoms with Gasteiger partial charge in [0.2, 0.25) is 17.8 Å². The average molecular weight is 477 g/mol. The Labute approximate surface area is 195 Å². The van der Waals surface area contributed by atoms with Gasteiger partial charge in [-0.2, -0.15) is 4.98 Å². The summed E-state index contributed by atoms with van der Waals surface area (Å²) in [7, 11) is -3.93. The molecule has 11 heteroatoms. The first-order chi connectivity index (χ1) is 16.3. The van der Waals surface area contributed by atoms with E-state index in [9.17, 15) is 18.0 Å². The number of rotatable bonds is 5. The number of aromatic nitrogens is 3. The quantitative estimate of drug-likeness (QED) is 0.402. The van der Waals surface area contributed by atoms with E-state index in [4.69, 9.17) is 0 Å². The first kappa shape index (κ1) is 21.6. The lowest BCUT2D eigenvalue weighted by molar-refractivity contribution is -0.116. The zero-order chi connectivity index (χ0) is 23.9. The second kappa shape index (κ2) is 8.27. The normalized spacial score (nSPS) is 13.3. The Morgan fingerprint density at radius 2 is 1.82 bits per heavy atom. The molecule has 2 aromatic carbocycles. The molecule has 10 nitrogen and oxygen atoms in total. The zero-order valence-electron chi connectivity index (χ0n) is 18.1. The standard InChI is InChI=1S/C23H20N6O4S/c1-14(30)25-17-3-6-19(7-4-17)34(32,33)29-11-10-16-13-24-23(28-22(16)29)26-18-5-8-20-15(12-18)2-9-21(31)27-20/h3-8,10-13H,2,9H2,1H3,(H,25,30)(H,27,31)(H,24,26,28). The van der Waals surface area contributed by atoms with Crippen molar-refractivity contribution in [1.29, 1.82) is 0 Å². The molecule has 0 fully saturated rings. The molecule has 3 N–H and O–H groups in total. The highest BCUT2D eigenvalue weighted by molar-refractivity contribution is 7.90. The molecule has 0 saturated carbocycles. The third kappa shape index (κ3) is 4.08. The minimum atomic E-state index is -3.93. The molecule has 1 aliphatic heterocycles. The maximum atomic E-state index is 13.3. The molecule has 34 heavy (non-hydrogen) atoms. The number of fused-ring (bicyclic) bond motifs is 2. The Morgan fingerprint density at radius 1 is 1.06 bits per heavy atom. The van der Waals surface area contributed by atoms with E-state index in [1.165, 1.54) is 37.4 Å². The van der Waals surface area contributed by atoms with E-state index in [2.05, 4.69) is 25.9 Å². The van der Waals surface area contributed by atoms with Crippen LogP contribution in [0.2, 0.25) is 0 Å². The van der Waals surface area contributed by atoms with Crippen molar-refractivity contribution in [2.45, 2.75) is 24.7 Å². The molecule has 2 amide bonds. The van der Waals surface area contributed by atoms with Crippen molar-refractivity contribution in [2.75, 3.05) is 16.0 Å². The van der Waals surface area contributed by atoms with Gasteiger partial charge in [0.1, 0.15) is 0 Å². The minimum absolute atomic E-state index is 0.00581. The molecule has 0 radical (unpaired) electrons. The molecule has 0 unspecified atom stereocenters. The van der Waals surface area contributed by atoms with Crippen LogP contribution in [-0.4, -0.2) is 34.2 Å². The monoisotopic (exact) mass is 476 g/mol. The van der Waals surface area contributed by atoms with Crippen molar-refractivity contribution in [3.05, 3.63) is 66.5 Å². The minimum Gasteiger partial charge on any atom is -0.326 e. The summed E-state index contributed by atoms with van der Waals surface area (Å²) < 4.78 is 27.6. The number of nitrogens with one attached hydrogen (secondary N) is 3. The number of carbonyl (C=O) groups is 2. The van der Waals surface area contributed by atoms with Crippen molar-refractivity contribution in [1.82, 2.24) is 13.9 Å². The molecule has 0 spiro atoms. The molecule has 0 saturated heterocycles. The van der Waals surface area contributed by atoms with E-state index in [1.807, 2.05) is 12.1 Å². The van der Waals surface area contributed by atoms with Gasteiger partial charge in [0.25, 0.3) is 10.0 Å². The Hall–Kier alpha value is -4.25. The molecule has 172 valence electrons. The molecule has 0 bridgehead atoms. The lowest BCUT2D eigenvalue weighted by Crippen LogP contribution is -2.18. The van der Waals surface area contributed by atoms with Crippen molar-refractivity contribution >= 4 is 55.9 Å². The van der Waals surface area contributed by atoms with Gasteiger partial charge in [0.15, 0.2) is 5.65 Å². The number of carbonyl (C=O) groups excluding carboxylic acids is 2. The van der Waals surface area contributed by atoms with Crippen LogP contribution in [0.3, 0.4) is 0 Å². The summed E-state index contributed by atoms with van der Waals surface area (Å²) >= 11 is 0. The zero-order valence-corrected chi connectivity index (χ0v) is 18.9. The smallest absolute Gasteiger partial charge is 0.269 e. The van der Waals surface area contributed by atoms with Gasteiger partial charge in [0.05, 0.1) is 4.90 Å². The lowest BCUT2D eigenvalue weighted by atomic mass is 10.0. The van der Waals surface area contributed by atoms with Gasteiger partial charge in [-0.05, 0) is 60.5 Å². The molecule has 4 aromatic rings. The van der Waals surface area contributed by atoms with Crippen molar-refractivity contribution in [3.8, 4) is 0 Å². The van der Waals surface area contributed by atoms with E-state index < -0.39 is 10.0 Å². The maximum Gasteiger partial charge on any atom is 0.269 e. The van der Waals surface area contributed by atoms with Crippen LogP contribution in [0.4, 0.5) is 23.0 Å². The van der Waals surface area contributed by atoms with Crippen LogP contribution in [0.15, 0.2) is 65.8 Å². The van der Waals surface area contributed by atoms with E-state index in [0.717, 1.165) is 20.9 Å². The van der Waals surface area contributed by atoms with Crippen LogP contribution in [-0.2, 0) is 26.0 Å². The van der Waals surface area contributed by atoms with E-state index in [-0.39, 0.29) is 28.3 Å². The Kier molecular flexibility index (Phi) is 5.25. The number of nitrogens with zero attached hydrogens (tertiary/aromatic N) is 3. The predicted octanol–water partition coefficient (Wildman–Crippen LogP) is 3.26. The number of amides is 2. The van der Waals surface area contributed by atoms with Crippen LogP contribution in [0.1, 0.15) is 18.9 Å². The second-order valence-electron chi connectivity index (χ2n) is 7.84. The SMILES string of the molecule is CC(=O)Nc1ccc(S(=O)(=O)n2ccc3cnc(Nc4ccc5c(c4)CCC(=O)N5)nc32)cc1. The fraction of sp³-hybridized carbons (Fsp3) is 0.130. The van der Waals surface area contributed by atoms with Crippen LogP contribution >= 0.6 is 0 Å². The Balaban J connectivity index is 1.45. The number of hydrogen-bond acceptors (Lipinski definition) is 7. The maximum absolute atomic E-state index is 13.3. The fourth-order valence-electron chi connectivity index (χ4n) is 3.77. The summed E-state index contributed by atoms with van der Waals surface area (Å²) in [6.07, 6.45) is 4.05. The second-order valence-corrected chi connectivity index (χ2v) is 9.65. The summed E-state index contributed by atoms with van der Waals surface area (Å²) in [5.74, 6) is -0.00964. The van der Waals surface area contributed by atoms with Gasteiger partial charge in [0, 0.05) is 48.2 Å². The molecule has 3 heterocycles. The van der Waals surface area contributed by atoms with Crippen LogP contribution in [0.25, 0.3) is 11.0 Å². The topological polar surface area (TPSA) is 135 Å². The van der Waals surface area contributed by atoms with E-state index in [0.29, 0.717) is 23.9 Å². The average Bonchev–Trinajstić information content (AvgIpc) is 3.23. The molecule has 0 atom stereocenters. The van der Waals surface area contributed by atoms with Crippen LogP contribution in [0, 0.1) is 0 Å². The summed E-state index contributed by atoms with van der Waals surface area (Å²) in [5, 5.41) is 9.12. The lowest BCUT2D eigenvalue weighted by Gasteiger charge is -2.17. The number of anilines is 4. The van der Waals surface area contributed by atoms with Gasteiger partial charge in [-0.25, -0.2) is 17.4 Å². The van der Waals surface area contributed by atoms with E-state index >= 15 is 0 Å². The Morgan fingerprint density at radius 3 is 2.59 bits per heavy atom. The van der Waals surface area contributed by atoms with E-state index in [1.54, 1.807) is 18.3 Å². The number of aryl methyl sites for hydroxylation is 1. The van der Waals surface area contributed by atoms with Crippen LogP contribution in [0.5, 0.6) is 0 Å². The fourth-order valence-corrected chi connectivity index (χ4v) is 5.07. The molecule has 1 aliphatic rings. The van der Waals surface area contributed by atoms with Gasteiger partial charge >= 0.3 is 0 Å². The molecular formula is C23H20N6O4S. The number of hydrogen-bond donors (Lipinski definition) is 3. The highest BCUT2D eigenvalue weighted by atomic mass is 32.2. The third-order valence-corrected chi connectivity index (χ3v) is 7.06. The molecule has 5 rings (SSSR count). The first-order valence-electron chi connectivity index (χ1n) is 10.5. The first-order valence-corrected chi connectivity index (χ1v) is 11.9. The third-order valence-electron chi connectivity index (χ3n) is 5.38. The largest absolute Gasteiger partial charge is 0.326 e. The molecule has 0 aliphatic carbocycles. The highest BCUT2D eigenvalue weighted by Crippen LogP contribution is 2.28. The summed E-state index contributed by atoms with van der Waals surface area (Å²) in [5.41, 5.74) is 3.24. The molecular weight excluding hydrogens is 456 g/mol. The number of benzene rings is 2. The van der Waals surface area contributed by atoms with Gasteiger partial charge < -0.3 is 16.0 Å². The van der Waals surface area contributed by atoms with Crippen molar-refractivity contribution in [2.24, 2.45) is 0 Å². The highest BCUT2D eigenvalue weighted by Gasteiger charge is 2.21. The summed E-state index contributed by atoms with van der Waals surface area (Å²) in [6.45, 7) is 1.38. The van der Waals surface area contributed by atoms with Gasteiger partial charge in [-0.15, -0.1) is 0 Å². The van der Waals surface area contributed by atoms with Gasteiger partial charge in [-0.1, -0.05) is 0 Å². The Bertz CT molecular complexity index is 1540. The van der Waals surface area contributed by atoms with Gasteiger partial charge in [-0.3, -0.25) is 9.59 Å². The summed E-state index contributed by atoms with van der Waals surface area (Å²) in [4.78, 5) is 31.6.